The van der Waals surface area contributed by atoms with Crippen LogP contribution in [0.2, 0.25) is 0 Å². The van der Waals surface area contributed by atoms with E-state index in [0.717, 1.165) is 16.8 Å². The average Bonchev–Trinajstić information content (AvgIpc) is 2.38. The van der Waals surface area contributed by atoms with Gasteiger partial charge in [-0.3, -0.25) is 4.98 Å². The summed E-state index contributed by atoms with van der Waals surface area (Å²) in [6, 6.07) is 14.0. The molecule has 3 N–H and O–H groups in total. The van der Waals surface area contributed by atoms with Crippen LogP contribution in [0.4, 0.5) is 0 Å². The minimum absolute atomic E-state index is 0.318. The Balaban J connectivity index is 2.11. The Kier molecular flexibility index (Phi) is 3.67. The molecule has 0 fully saturated rings. The number of benzene rings is 1. The maximum atomic E-state index is 5.37. The summed E-state index contributed by atoms with van der Waals surface area (Å²) in [6.07, 6.45) is 1.79. The van der Waals surface area contributed by atoms with E-state index >= 15 is 0 Å². The smallest absolute Gasteiger partial charge is 0.163 e. The molecule has 0 radical (unpaired) electrons. The summed E-state index contributed by atoms with van der Waals surface area (Å²) < 4.78 is 0. The van der Waals surface area contributed by atoms with E-state index in [-0.39, 0.29) is 0 Å². The molecule has 0 aliphatic rings. The Hall–Kier alpha value is -1.94. The van der Waals surface area contributed by atoms with Crippen molar-refractivity contribution in [3.05, 3.63) is 54.2 Å². The van der Waals surface area contributed by atoms with Gasteiger partial charge in [0, 0.05) is 18.3 Å². The lowest BCUT2D eigenvalue weighted by Crippen LogP contribution is -2.28. The van der Waals surface area contributed by atoms with Crippen LogP contribution < -0.4 is 11.1 Å². The summed E-state index contributed by atoms with van der Waals surface area (Å²) in [5.74, 6) is 0. The van der Waals surface area contributed by atoms with Crippen molar-refractivity contribution in [2.75, 3.05) is 0 Å². The van der Waals surface area contributed by atoms with Gasteiger partial charge in [-0.2, -0.15) is 0 Å². The normalized spacial score (nSPS) is 9.88. The maximum Gasteiger partial charge on any atom is 0.163 e. The lowest BCUT2D eigenvalue weighted by atomic mass is 10.1. The molecule has 1 heterocycles. The molecule has 0 aliphatic carbocycles. The molecule has 0 bridgehead atoms. The van der Waals surface area contributed by atoms with E-state index in [2.05, 4.69) is 10.3 Å². The topological polar surface area (TPSA) is 50.9 Å². The molecule has 0 saturated carbocycles. The van der Waals surface area contributed by atoms with Crippen LogP contribution in [0.5, 0.6) is 0 Å². The average molecular weight is 243 g/mol. The van der Waals surface area contributed by atoms with Crippen LogP contribution >= 0.6 is 12.2 Å². The van der Waals surface area contributed by atoms with Crippen LogP contribution in [0.3, 0.4) is 0 Å². The number of hydrogen-bond acceptors (Lipinski definition) is 2. The van der Waals surface area contributed by atoms with Crippen molar-refractivity contribution in [1.29, 1.82) is 0 Å². The van der Waals surface area contributed by atoms with E-state index in [4.69, 9.17) is 18.0 Å². The predicted molar refractivity (Wildman–Crippen MR) is 73.3 cm³/mol. The summed E-state index contributed by atoms with van der Waals surface area (Å²) in [5, 5.41) is 3.23. The van der Waals surface area contributed by atoms with E-state index in [1.54, 1.807) is 6.20 Å². The molecule has 1 aromatic heterocycles. The number of aromatic nitrogens is 1. The van der Waals surface area contributed by atoms with Crippen LogP contribution in [-0.4, -0.2) is 10.1 Å². The first-order chi connectivity index (χ1) is 8.25. The lowest BCUT2D eigenvalue weighted by Gasteiger charge is -2.05. The Morgan fingerprint density at radius 1 is 1.18 bits per heavy atom. The van der Waals surface area contributed by atoms with Crippen LogP contribution in [0.25, 0.3) is 11.3 Å². The van der Waals surface area contributed by atoms with Crippen LogP contribution in [-0.2, 0) is 6.54 Å². The quantitative estimate of drug-likeness (QED) is 0.810. The molecule has 1 aromatic carbocycles. The van der Waals surface area contributed by atoms with E-state index in [1.165, 1.54) is 0 Å². The summed E-state index contributed by atoms with van der Waals surface area (Å²) in [6.45, 7) is 0.651. The van der Waals surface area contributed by atoms with Crippen molar-refractivity contribution in [3.63, 3.8) is 0 Å². The molecule has 0 saturated heterocycles. The van der Waals surface area contributed by atoms with Crippen LogP contribution in [0.1, 0.15) is 5.56 Å². The highest BCUT2D eigenvalue weighted by atomic mass is 32.1. The number of nitrogens with two attached hydrogens (primary N) is 1. The van der Waals surface area contributed by atoms with Gasteiger partial charge in [0.05, 0.1) is 5.69 Å². The third kappa shape index (κ3) is 3.26. The van der Waals surface area contributed by atoms with Crippen molar-refractivity contribution in [2.24, 2.45) is 5.73 Å². The monoisotopic (exact) mass is 243 g/mol. The second kappa shape index (κ2) is 5.41. The van der Waals surface area contributed by atoms with Gasteiger partial charge in [-0.1, -0.05) is 30.3 Å². The van der Waals surface area contributed by atoms with Gasteiger partial charge in [0.25, 0.3) is 0 Å². The van der Waals surface area contributed by atoms with Crippen molar-refractivity contribution in [2.45, 2.75) is 6.54 Å². The van der Waals surface area contributed by atoms with Crippen molar-refractivity contribution in [3.8, 4) is 11.3 Å². The molecule has 4 heteroatoms. The molecule has 2 aromatic rings. The van der Waals surface area contributed by atoms with E-state index in [9.17, 15) is 0 Å². The Morgan fingerprint density at radius 2 is 1.94 bits per heavy atom. The number of rotatable bonds is 3. The van der Waals surface area contributed by atoms with Crippen LogP contribution in [0.15, 0.2) is 48.7 Å². The predicted octanol–water partition coefficient (Wildman–Crippen LogP) is 2.08. The van der Waals surface area contributed by atoms with E-state index in [1.807, 2.05) is 42.5 Å². The maximum absolute atomic E-state index is 5.37. The van der Waals surface area contributed by atoms with E-state index in [0.29, 0.717) is 11.7 Å². The molecule has 86 valence electrons. The second-order valence-corrected chi connectivity index (χ2v) is 4.07. The highest BCUT2D eigenvalue weighted by Crippen LogP contribution is 2.16. The first-order valence-electron chi connectivity index (χ1n) is 5.29. The Morgan fingerprint density at radius 3 is 2.53 bits per heavy atom. The van der Waals surface area contributed by atoms with Gasteiger partial charge in [-0.05, 0) is 29.9 Å². The molecule has 0 amide bonds. The van der Waals surface area contributed by atoms with Gasteiger partial charge in [0.1, 0.15) is 0 Å². The highest BCUT2D eigenvalue weighted by Gasteiger charge is 1.98. The lowest BCUT2D eigenvalue weighted by molar-refractivity contribution is 0.920. The fourth-order valence-corrected chi connectivity index (χ4v) is 1.59. The molecule has 17 heavy (non-hydrogen) atoms. The third-order valence-corrected chi connectivity index (χ3v) is 2.53. The summed E-state index contributed by atoms with van der Waals surface area (Å²) in [4.78, 5) is 4.30. The minimum Gasteiger partial charge on any atom is -0.376 e. The number of nitrogens with zero attached hydrogens (tertiary/aromatic N) is 1. The second-order valence-electron chi connectivity index (χ2n) is 3.63. The van der Waals surface area contributed by atoms with Crippen molar-refractivity contribution >= 4 is 17.3 Å². The Labute approximate surface area is 106 Å². The van der Waals surface area contributed by atoms with Gasteiger partial charge in [-0.15, -0.1) is 0 Å². The van der Waals surface area contributed by atoms with Gasteiger partial charge in [0.15, 0.2) is 5.11 Å². The zero-order valence-corrected chi connectivity index (χ0v) is 10.1. The van der Waals surface area contributed by atoms with Crippen molar-refractivity contribution < 1.29 is 0 Å². The number of pyridine rings is 1. The fourth-order valence-electron chi connectivity index (χ4n) is 1.52. The number of thiocarbonyl (C=S) groups is 1. The van der Waals surface area contributed by atoms with Gasteiger partial charge >= 0.3 is 0 Å². The summed E-state index contributed by atoms with van der Waals surface area (Å²) in [7, 11) is 0. The first-order valence-corrected chi connectivity index (χ1v) is 5.70. The standard InChI is InChI=1S/C13H13N3S/c14-13(17)16-9-10-4-6-11(7-5-10)12-3-1-2-8-15-12/h1-8H,9H2,(H3,14,16,17). The summed E-state index contributed by atoms with van der Waals surface area (Å²) in [5.41, 5.74) is 8.58. The molecular formula is C13H13N3S. The van der Waals surface area contributed by atoms with Gasteiger partial charge in [0.2, 0.25) is 0 Å². The van der Waals surface area contributed by atoms with E-state index < -0.39 is 0 Å². The zero-order chi connectivity index (χ0) is 12.1. The van der Waals surface area contributed by atoms with Gasteiger partial charge < -0.3 is 11.1 Å². The Bertz CT molecular complexity index is 494. The third-order valence-electron chi connectivity index (χ3n) is 2.38. The van der Waals surface area contributed by atoms with Gasteiger partial charge in [-0.25, -0.2) is 0 Å². The van der Waals surface area contributed by atoms with Crippen LogP contribution in [0, 0.1) is 0 Å². The minimum atomic E-state index is 0.318. The fraction of sp³-hybridized carbons (Fsp3) is 0.0769. The number of hydrogen-bond donors (Lipinski definition) is 2. The zero-order valence-electron chi connectivity index (χ0n) is 9.26. The first kappa shape index (κ1) is 11.5. The number of nitrogens with one attached hydrogen (secondary N) is 1. The van der Waals surface area contributed by atoms with Crippen molar-refractivity contribution in [1.82, 2.24) is 10.3 Å². The molecule has 0 aliphatic heterocycles. The SMILES string of the molecule is NC(=S)NCc1ccc(-c2ccccn2)cc1. The molecule has 0 spiro atoms. The molecular weight excluding hydrogens is 230 g/mol. The largest absolute Gasteiger partial charge is 0.376 e. The molecule has 2 rings (SSSR count). The summed E-state index contributed by atoms with van der Waals surface area (Å²) >= 11 is 4.75. The molecule has 0 atom stereocenters. The molecule has 3 nitrogen and oxygen atoms in total. The highest BCUT2D eigenvalue weighted by molar-refractivity contribution is 7.80. The molecule has 0 unspecified atom stereocenters.